The summed E-state index contributed by atoms with van der Waals surface area (Å²) < 4.78 is 5.60. The van der Waals surface area contributed by atoms with Crippen LogP contribution in [0.15, 0.2) is 28.1 Å². The molecule has 180 valence electrons. The molecule has 2 saturated heterocycles. The average Bonchev–Trinajstić information content (AvgIpc) is 3.61. The summed E-state index contributed by atoms with van der Waals surface area (Å²) in [6, 6.07) is 4.44. The van der Waals surface area contributed by atoms with Crippen LogP contribution in [0.4, 0.5) is 17.0 Å². The Morgan fingerprint density at radius 3 is 2.54 bits per heavy atom. The Morgan fingerprint density at radius 1 is 1.11 bits per heavy atom. The van der Waals surface area contributed by atoms with Crippen LogP contribution in [0.25, 0.3) is 10.6 Å². The number of rotatable bonds is 5. The summed E-state index contributed by atoms with van der Waals surface area (Å²) in [5.74, 6) is 1.22. The highest BCUT2D eigenvalue weighted by atomic mass is 32.1. The molecule has 6 rings (SSSR count). The number of fused-ring (bicyclic) bond motifs is 2. The quantitative estimate of drug-likeness (QED) is 0.423. The Balaban J connectivity index is 1.13. The van der Waals surface area contributed by atoms with Crippen LogP contribution < -0.4 is 10.2 Å². The molecule has 1 amide bonds. The van der Waals surface area contributed by atoms with Gasteiger partial charge in [-0.1, -0.05) is 5.10 Å². The first-order chi connectivity index (χ1) is 16.9. The highest BCUT2D eigenvalue weighted by Gasteiger charge is 2.44. The molecule has 2 atom stereocenters. The van der Waals surface area contributed by atoms with Crippen molar-refractivity contribution in [3.05, 3.63) is 45.9 Å². The van der Waals surface area contributed by atoms with Gasteiger partial charge in [0.15, 0.2) is 5.13 Å². The molecular weight excluding hydrogens is 484 g/mol. The lowest BCUT2D eigenvalue weighted by Gasteiger charge is -2.40. The van der Waals surface area contributed by atoms with Gasteiger partial charge in [-0.25, -0.2) is 15.0 Å². The number of nitrogens with zero attached hydrogens (tertiary/aromatic N) is 7. The molecule has 1 N–H and O–H groups in total. The molecular formula is C23H24N8O2S2. The molecule has 2 aliphatic rings. The van der Waals surface area contributed by atoms with Crippen LogP contribution in [0.3, 0.4) is 0 Å². The third-order valence-corrected chi connectivity index (χ3v) is 8.24. The number of anilines is 3. The molecule has 0 unspecified atom stereocenters. The van der Waals surface area contributed by atoms with Gasteiger partial charge in [0.05, 0.1) is 38.9 Å². The van der Waals surface area contributed by atoms with Crippen LogP contribution in [0, 0.1) is 20.8 Å². The summed E-state index contributed by atoms with van der Waals surface area (Å²) in [5, 5.41) is 15.1. The van der Waals surface area contributed by atoms with Gasteiger partial charge in [0.2, 0.25) is 5.89 Å². The summed E-state index contributed by atoms with van der Waals surface area (Å²) in [6.07, 6.45) is 3.58. The molecule has 0 saturated carbocycles. The molecule has 0 aromatic carbocycles. The van der Waals surface area contributed by atoms with Crippen LogP contribution in [-0.2, 0) is 0 Å². The molecule has 0 radical (unpaired) electrons. The third-order valence-electron chi connectivity index (χ3n) is 6.39. The van der Waals surface area contributed by atoms with Gasteiger partial charge in [-0.2, -0.15) is 0 Å². The third kappa shape index (κ3) is 4.16. The molecule has 2 aliphatic heterocycles. The van der Waals surface area contributed by atoms with Crippen molar-refractivity contribution in [2.45, 2.75) is 45.7 Å². The van der Waals surface area contributed by atoms with Gasteiger partial charge in [-0.3, -0.25) is 4.79 Å². The average molecular weight is 509 g/mol. The number of carbonyl (C=O) groups excluding carboxylic acids is 1. The molecule has 0 spiro atoms. The normalized spacial score (nSPS) is 19.4. The number of nitrogens with one attached hydrogen (secondary N) is 1. The number of pyridine rings is 1. The lowest BCUT2D eigenvalue weighted by molar-refractivity contribution is 0.0637. The smallest absolute Gasteiger partial charge is 0.318 e. The summed E-state index contributed by atoms with van der Waals surface area (Å²) in [7, 11) is 0. The Labute approximate surface area is 210 Å². The fourth-order valence-electron chi connectivity index (χ4n) is 4.86. The van der Waals surface area contributed by atoms with Crippen molar-refractivity contribution in [1.29, 1.82) is 0 Å². The number of thiazole rings is 2. The maximum atomic E-state index is 13.4. The van der Waals surface area contributed by atoms with E-state index in [0.29, 0.717) is 36.4 Å². The second kappa shape index (κ2) is 8.68. The second-order valence-electron chi connectivity index (χ2n) is 8.85. The zero-order valence-corrected chi connectivity index (χ0v) is 21.2. The van der Waals surface area contributed by atoms with Gasteiger partial charge in [-0.05, 0) is 38.8 Å². The first kappa shape index (κ1) is 22.1. The Kier molecular flexibility index (Phi) is 5.49. The van der Waals surface area contributed by atoms with Crippen molar-refractivity contribution < 1.29 is 9.21 Å². The van der Waals surface area contributed by atoms with Crippen LogP contribution in [-0.4, -0.2) is 61.1 Å². The number of aromatic nitrogens is 5. The van der Waals surface area contributed by atoms with Gasteiger partial charge in [0.1, 0.15) is 5.82 Å². The Morgan fingerprint density at radius 2 is 1.91 bits per heavy atom. The van der Waals surface area contributed by atoms with E-state index in [9.17, 15) is 4.79 Å². The van der Waals surface area contributed by atoms with E-state index < -0.39 is 0 Å². The SMILES string of the molecule is Cc1nnc(N2C[C@H]3CC[C@@H](C2)N3C(=O)c2ccc(Nc3nc(-c4sc(C)nc4C)cs3)nc2)o1. The lowest BCUT2D eigenvalue weighted by atomic mass is 10.1. The van der Waals surface area contributed by atoms with Crippen LogP contribution >= 0.6 is 22.7 Å². The molecule has 2 bridgehead atoms. The molecule has 0 aliphatic carbocycles. The maximum absolute atomic E-state index is 13.4. The van der Waals surface area contributed by atoms with Crippen LogP contribution in [0.2, 0.25) is 0 Å². The molecule has 2 fully saturated rings. The highest BCUT2D eigenvalue weighted by molar-refractivity contribution is 7.16. The van der Waals surface area contributed by atoms with E-state index in [1.807, 2.05) is 36.3 Å². The van der Waals surface area contributed by atoms with Crippen molar-refractivity contribution in [1.82, 2.24) is 30.0 Å². The largest absolute Gasteiger partial charge is 0.408 e. The highest BCUT2D eigenvalue weighted by Crippen LogP contribution is 2.34. The molecule has 35 heavy (non-hydrogen) atoms. The summed E-state index contributed by atoms with van der Waals surface area (Å²) in [5.41, 5.74) is 2.50. The van der Waals surface area contributed by atoms with Crippen LogP contribution in [0.5, 0.6) is 0 Å². The zero-order valence-electron chi connectivity index (χ0n) is 19.6. The molecule has 12 heteroatoms. The van der Waals surface area contributed by atoms with Gasteiger partial charge in [0.25, 0.3) is 5.91 Å². The van der Waals surface area contributed by atoms with Crippen molar-refractivity contribution in [3.8, 4) is 10.6 Å². The van der Waals surface area contributed by atoms with E-state index in [1.165, 1.54) is 11.3 Å². The number of amides is 1. The number of carbonyl (C=O) groups is 1. The van der Waals surface area contributed by atoms with E-state index in [0.717, 1.165) is 39.2 Å². The maximum Gasteiger partial charge on any atom is 0.318 e. The van der Waals surface area contributed by atoms with Crippen molar-refractivity contribution in [3.63, 3.8) is 0 Å². The van der Waals surface area contributed by atoms with E-state index >= 15 is 0 Å². The number of hydrogen-bond donors (Lipinski definition) is 1. The fourth-order valence-corrected chi connectivity index (χ4v) is 6.53. The fraction of sp³-hybridized carbons (Fsp3) is 0.391. The minimum absolute atomic E-state index is 0.0190. The lowest BCUT2D eigenvalue weighted by Crippen LogP contribution is -2.56. The standard InChI is InChI=1S/C23H24N8O2S2/c1-12-20(35-14(3)25-12)18-11-34-22(26-18)27-19-7-4-15(8-24-19)21(32)31-16-5-6-17(31)10-30(9-16)23-29-28-13(2)33-23/h4,7-8,11,16-17H,5-6,9-10H2,1-3H3,(H,24,26,27)/t16-,17+. The first-order valence-corrected chi connectivity index (χ1v) is 13.1. The summed E-state index contributed by atoms with van der Waals surface area (Å²) in [6.45, 7) is 7.18. The van der Waals surface area contributed by atoms with E-state index in [1.54, 1.807) is 24.5 Å². The van der Waals surface area contributed by atoms with Crippen molar-refractivity contribution in [2.24, 2.45) is 0 Å². The molecule has 4 aromatic heterocycles. The minimum atomic E-state index is 0.0190. The number of piperazine rings is 1. The monoisotopic (exact) mass is 508 g/mol. The van der Waals surface area contributed by atoms with Gasteiger partial charge < -0.3 is 19.5 Å². The van der Waals surface area contributed by atoms with Crippen LogP contribution in [0.1, 0.15) is 39.8 Å². The van der Waals surface area contributed by atoms with Crippen molar-refractivity contribution >= 4 is 45.5 Å². The van der Waals surface area contributed by atoms with Crippen molar-refractivity contribution in [2.75, 3.05) is 23.3 Å². The zero-order chi connectivity index (χ0) is 24.1. The molecule has 10 nitrogen and oxygen atoms in total. The van der Waals surface area contributed by atoms with E-state index in [-0.39, 0.29) is 18.0 Å². The second-order valence-corrected chi connectivity index (χ2v) is 10.9. The topological polar surface area (TPSA) is 113 Å². The predicted molar refractivity (Wildman–Crippen MR) is 134 cm³/mol. The van der Waals surface area contributed by atoms with Gasteiger partial charge in [0, 0.05) is 31.6 Å². The Hall–Kier alpha value is -3.38. The van der Waals surface area contributed by atoms with E-state index in [2.05, 4.69) is 35.4 Å². The first-order valence-electron chi connectivity index (χ1n) is 11.5. The molecule has 6 heterocycles. The van der Waals surface area contributed by atoms with Gasteiger partial charge >= 0.3 is 6.01 Å². The summed E-state index contributed by atoms with van der Waals surface area (Å²) in [4.78, 5) is 32.2. The van der Waals surface area contributed by atoms with E-state index in [4.69, 9.17) is 4.42 Å². The minimum Gasteiger partial charge on any atom is -0.408 e. The molecule has 4 aromatic rings. The summed E-state index contributed by atoms with van der Waals surface area (Å²) >= 11 is 3.16. The van der Waals surface area contributed by atoms with Gasteiger partial charge in [-0.15, -0.1) is 27.8 Å². The number of hydrogen-bond acceptors (Lipinski definition) is 11. The Bertz CT molecular complexity index is 1360. The predicted octanol–water partition coefficient (Wildman–Crippen LogP) is 4.21. The number of aryl methyl sites for hydroxylation is 3.